The van der Waals surface area contributed by atoms with Gasteiger partial charge in [-0.15, -0.1) is 0 Å². The average Bonchev–Trinajstić information content (AvgIpc) is 2.59. The standard InChI is InChI=1S/C16H9Cl2N3O5/c17-11-4-9(21-16(25)20-14(24)6-19-21)5-12(18)15(11)26-10-1-2-13(23)8(3-10)7-22/h1-7,23H,(H,20,24,25). The Kier molecular flexibility index (Phi) is 4.79. The second-order valence-electron chi connectivity index (χ2n) is 5.03. The topological polar surface area (TPSA) is 114 Å². The van der Waals surface area contributed by atoms with Gasteiger partial charge in [0.15, 0.2) is 12.0 Å². The van der Waals surface area contributed by atoms with Gasteiger partial charge in [-0.05, 0) is 30.3 Å². The van der Waals surface area contributed by atoms with Crippen molar-refractivity contribution in [1.82, 2.24) is 14.8 Å². The van der Waals surface area contributed by atoms with Crippen molar-refractivity contribution in [2.24, 2.45) is 0 Å². The lowest BCUT2D eigenvalue weighted by atomic mass is 10.2. The maximum absolute atomic E-state index is 11.8. The van der Waals surface area contributed by atoms with Crippen LogP contribution in [0.15, 0.2) is 46.1 Å². The highest BCUT2D eigenvalue weighted by atomic mass is 35.5. The summed E-state index contributed by atoms with van der Waals surface area (Å²) in [5, 5.41) is 13.4. The third-order valence-corrected chi connectivity index (χ3v) is 3.85. The van der Waals surface area contributed by atoms with Gasteiger partial charge in [-0.3, -0.25) is 14.6 Å². The van der Waals surface area contributed by atoms with E-state index in [1.165, 1.54) is 30.3 Å². The molecule has 2 N–H and O–H groups in total. The van der Waals surface area contributed by atoms with Crippen LogP contribution in [0, 0.1) is 0 Å². The number of aldehydes is 1. The first kappa shape index (κ1) is 17.7. The van der Waals surface area contributed by atoms with Gasteiger partial charge in [-0.25, -0.2) is 4.79 Å². The lowest BCUT2D eigenvalue weighted by Gasteiger charge is -2.12. The van der Waals surface area contributed by atoms with Crippen LogP contribution in [-0.4, -0.2) is 26.2 Å². The van der Waals surface area contributed by atoms with Crippen molar-refractivity contribution in [3.63, 3.8) is 0 Å². The highest BCUT2D eigenvalue weighted by molar-refractivity contribution is 6.37. The molecular formula is C16H9Cl2N3O5. The fourth-order valence-electron chi connectivity index (χ4n) is 2.11. The first-order chi connectivity index (χ1) is 12.4. The lowest BCUT2D eigenvalue weighted by Crippen LogP contribution is -2.30. The van der Waals surface area contributed by atoms with E-state index in [-0.39, 0.29) is 38.5 Å². The van der Waals surface area contributed by atoms with Gasteiger partial charge in [0.05, 0.1) is 21.3 Å². The van der Waals surface area contributed by atoms with E-state index >= 15 is 0 Å². The van der Waals surface area contributed by atoms with E-state index in [0.29, 0.717) is 6.29 Å². The number of phenolic OH excluding ortho intramolecular Hbond substituents is 1. The van der Waals surface area contributed by atoms with Crippen molar-refractivity contribution in [3.05, 3.63) is 73.0 Å². The van der Waals surface area contributed by atoms with Crippen LogP contribution in [0.25, 0.3) is 5.69 Å². The second-order valence-corrected chi connectivity index (χ2v) is 5.84. The molecule has 0 amide bonds. The maximum atomic E-state index is 11.8. The molecule has 0 bridgehead atoms. The Balaban J connectivity index is 2.01. The highest BCUT2D eigenvalue weighted by Crippen LogP contribution is 2.38. The molecule has 0 saturated heterocycles. The smallest absolute Gasteiger partial charge is 0.349 e. The number of benzene rings is 2. The molecule has 8 nitrogen and oxygen atoms in total. The van der Waals surface area contributed by atoms with E-state index in [0.717, 1.165) is 10.9 Å². The number of nitrogens with one attached hydrogen (secondary N) is 1. The van der Waals surface area contributed by atoms with Crippen molar-refractivity contribution < 1.29 is 14.6 Å². The summed E-state index contributed by atoms with van der Waals surface area (Å²) in [6.07, 6.45) is 1.41. The van der Waals surface area contributed by atoms with Gasteiger partial charge >= 0.3 is 5.69 Å². The number of carbonyl (C=O) groups is 1. The van der Waals surface area contributed by atoms with Crippen LogP contribution in [0.3, 0.4) is 0 Å². The Morgan fingerprint density at radius 2 is 1.85 bits per heavy atom. The van der Waals surface area contributed by atoms with Crippen molar-refractivity contribution >= 4 is 29.5 Å². The van der Waals surface area contributed by atoms with Crippen LogP contribution in [0.2, 0.25) is 10.0 Å². The molecule has 0 aliphatic heterocycles. The number of hydrogen-bond acceptors (Lipinski definition) is 6. The second kappa shape index (κ2) is 7.03. The maximum Gasteiger partial charge on any atom is 0.349 e. The fourth-order valence-corrected chi connectivity index (χ4v) is 2.66. The average molecular weight is 394 g/mol. The number of carbonyl (C=O) groups excluding carboxylic acids is 1. The predicted octanol–water partition coefficient (Wildman–Crippen LogP) is 2.54. The summed E-state index contributed by atoms with van der Waals surface area (Å²) in [6.45, 7) is 0. The molecule has 0 unspecified atom stereocenters. The van der Waals surface area contributed by atoms with Gasteiger partial charge in [-0.2, -0.15) is 9.78 Å². The quantitative estimate of drug-likeness (QED) is 0.658. The molecule has 3 aromatic rings. The van der Waals surface area contributed by atoms with Gasteiger partial charge in [-0.1, -0.05) is 23.2 Å². The lowest BCUT2D eigenvalue weighted by molar-refractivity contribution is 0.112. The zero-order chi connectivity index (χ0) is 18.8. The minimum absolute atomic E-state index is 0.0374. The van der Waals surface area contributed by atoms with Gasteiger partial charge in [0, 0.05) is 0 Å². The number of halogens is 2. The number of phenols is 1. The number of ether oxygens (including phenoxy) is 1. The molecule has 0 spiro atoms. The molecule has 0 fully saturated rings. The highest BCUT2D eigenvalue weighted by Gasteiger charge is 2.14. The summed E-state index contributed by atoms with van der Waals surface area (Å²) in [5.41, 5.74) is -1.14. The number of aromatic hydroxyl groups is 1. The van der Waals surface area contributed by atoms with E-state index in [2.05, 4.69) is 10.1 Å². The number of aromatic amines is 1. The molecule has 132 valence electrons. The van der Waals surface area contributed by atoms with Gasteiger partial charge in [0.2, 0.25) is 0 Å². The number of rotatable bonds is 4. The monoisotopic (exact) mass is 393 g/mol. The number of aromatic nitrogens is 3. The van der Waals surface area contributed by atoms with Crippen LogP contribution in [-0.2, 0) is 0 Å². The van der Waals surface area contributed by atoms with Crippen LogP contribution < -0.4 is 16.0 Å². The minimum atomic E-state index is -0.757. The van der Waals surface area contributed by atoms with Crippen LogP contribution in [0.5, 0.6) is 17.2 Å². The summed E-state index contributed by atoms with van der Waals surface area (Å²) < 4.78 is 6.49. The minimum Gasteiger partial charge on any atom is -0.507 e. The van der Waals surface area contributed by atoms with Crippen LogP contribution in [0.4, 0.5) is 0 Å². The normalized spacial score (nSPS) is 10.5. The van der Waals surface area contributed by atoms with E-state index in [9.17, 15) is 19.5 Å². The third-order valence-electron chi connectivity index (χ3n) is 3.29. The number of nitrogens with zero attached hydrogens (tertiary/aromatic N) is 2. The van der Waals surface area contributed by atoms with E-state index < -0.39 is 11.2 Å². The third kappa shape index (κ3) is 3.46. The molecule has 2 aromatic carbocycles. The summed E-state index contributed by atoms with van der Waals surface area (Å²) in [4.78, 5) is 35.9. The van der Waals surface area contributed by atoms with Crippen molar-refractivity contribution in [2.75, 3.05) is 0 Å². The molecule has 0 saturated carbocycles. The Morgan fingerprint density at radius 1 is 1.15 bits per heavy atom. The predicted molar refractivity (Wildman–Crippen MR) is 94.0 cm³/mol. The first-order valence-corrected chi connectivity index (χ1v) is 7.79. The molecule has 0 aliphatic rings. The Labute approximate surface area is 155 Å². The van der Waals surface area contributed by atoms with E-state index in [4.69, 9.17) is 27.9 Å². The molecule has 0 aliphatic carbocycles. The molecule has 10 heteroatoms. The van der Waals surface area contributed by atoms with Crippen molar-refractivity contribution in [3.8, 4) is 22.9 Å². The summed E-state index contributed by atoms with van der Waals surface area (Å²) >= 11 is 12.4. The molecule has 1 aromatic heterocycles. The molecule has 1 heterocycles. The zero-order valence-electron chi connectivity index (χ0n) is 12.8. The van der Waals surface area contributed by atoms with Gasteiger partial charge in [0.1, 0.15) is 17.7 Å². The molecule has 0 radical (unpaired) electrons. The molecule has 3 rings (SSSR count). The Hall–Kier alpha value is -3.10. The van der Waals surface area contributed by atoms with Gasteiger partial charge < -0.3 is 9.84 Å². The molecule has 0 atom stereocenters. The Morgan fingerprint density at radius 3 is 2.46 bits per heavy atom. The Bertz CT molecular complexity index is 1100. The van der Waals surface area contributed by atoms with Crippen LogP contribution >= 0.6 is 23.2 Å². The summed E-state index contributed by atoms with van der Waals surface area (Å²) in [5.74, 6) is 0.112. The zero-order valence-corrected chi connectivity index (χ0v) is 14.3. The van der Waals surface area contributed by atoms with E-state index in [1.807, 2.05) is 0 Å². The van der Waals surface area contributed by atoms with Crippen LogP contribution in [0.1, 0.15) is 10.4 Å². The number of hydrogen-bond donors (Lipinski definition) is 2. The molecular weight excluding hydrogens is 385 g/mol. The fraction of sp³-hybridized carbons (Fsp3) is 0. The SMILES string of the molecule is O=Cc1cc(Oc2c(Cl)cc(-n3ncc(=O)[nH]c3=O)cc2Cl)ccc1O. The number of H-pyrrole nitrogens is 1. The van der Waals surface area contributed by atoms with Gasteiger partial charge in [0.25, 0.3) is 5.56 Å². The molecule has 26 heavy (non-hydrogen) atoms. The van der Waals surface area contributed by atoms with Crippen molar-refractivity contribution in [2.45, 2.75) is 0 Å². The first-order valence-electron chi connectivity index (χ1n) is 7.03. The summed E-state index contributed by atoms with van der Waals surface area (Å²) in [7, 11) is 0. The van der Waals surface area contributed by atoms with E-state index in [1.54, 1.807) is 0 Å². The van der Waals surface area contributed by atoms with Crippen molar-refractivity contribution in [1.29, 1.82) is 0 Å². The largest absolute Gasteiger partial charge is 0.507 e. The summed E-state index contributed by atoms with van der Waals surface area (Å²) in [6, 6.07) is 6.78.